The topological polar surface area (TPSA) is 64.3 Å². The Morgan fingerprint density at radius 1 is 1.30 bits per heavy atom. The van der Waals surface area contributed by atoms with Crippen molar-refractivity contribution in [1.82, 2.24) is 29.3 Å². The van der Waals surface area contributed by atoms with E-state index in [1.807, 2.05) is 53.7 Å². The molecule has 6 nitrogen and oxygen atoms in total. The van der Waals surface area contributed by atoms with Crippen LogP contribution < -0.4 is 0 Å². The fourth-order valence-electron chi connectivity index (χ4n) is 2.70. The molecule has 3 heterocycles. The van der Waals surface area contributed by atoms with E-state index in [0.29, 0.717) is 6.54 Å². The lowest BCUT2D eigenvalue weighted by Crippen LogP contribution is -2.03. The van der Waals surface area contributed by atoms with Gasteiger partial charge >= 0.3 is 0 Å². The summed E-state index contributed by atoms with van der Waals surface area (Å²) in [5, 5.41) is 5.29. The van der Waals surface area contributed by atoms with E-state index in [-0.39, 0.29) is 0 Å². The summed E-state index contributed by atoms with van der Waals surface area (Å²) < 4.78 is 3.82. The molecule has 0 saturated heterocycles. The maximum absolute atomic E-state index is 6.06. The van der Waals surface area contributed by atoms with Crippen molar-refractivity contribution in [2.45, 2.75) is 13.5 Å². The minimum absolute atomic E-state index is 0.621. The van der Waals surface area contributed by atoms with Crippen molar-refractivity contribution in [2.24, 2.45) is 7.05 Å². The molecule has 3 aromatic heterocycles. The monoisotopic (exact) mass is 326 g/mol. The highest BCUT2D eigenvalue weighted by atomic mass is 35.5. The predicted molar refractivity (Wildman–Crippen MR) is 89.4 cm³/mol. The van der Waals surface area contributed by atoms with Crippen molar-refractivity contribution >= 4 is 22.8 Å². The largest absolute Gasteiger partial charge is 0.332 e. The zero-order valence-electron chi connectivity index (χ0n) is 12.8. The molecule has 4 aromatic rings. The van der Waals surface area contributed by atoms with Crippen molar-refractivity contribution in [1.29, 1.82) is 0 Å². The van der Waals surface area contributed by atoms with Crippen molar-refractivity contribution < 1.29 is 0 Å². The first-order chi connectivity index (χ1) is 11.1. The first-order valence-electron chi connectivity index (χ1n) is 7.27. The molecule has 0 aliphatic carbocycles. The Hall–Kier alpha value is -2.60. The van der Waals surface area contributed by atoms with Crippen molar-refractivity contribution in [2.75, 3.05) is 0 Å². The van der Waals surface area contributed by atoms with Gasteiger partial charge in [0.1, 0.15) is 5.52 Å². The van der Waals surface area contributed by atoms with Crippen molar-refractivity contribution in [3.63, 3.8) is 0 Å². The van der Waals surface area contributed by atoms with Gasteiger partial charge in [-0.3, -0.25) is 0 Å². The lowest BCUT2D eigenvalue weighted by molar-refractivity contribution is 0.696. The van der Waals surface area contributed by atoms with Gasteiger partial charge in [-0.1, -0.05) is 23.7 Å². The van der Waals surface area contributed by atoms with Crippen LogP contribution >= 0.6 is 11.6 Å². The van der Waals surface area contributed by atoms with Gasteiger partial charge in [-0.15, -0.1) is 0 Å². The normalized spacial score (nSPS) is 11.4. The number of aromatic nitrogens is 6. The Morgan fingerprint density at radius 2 is 2.17 bits per heavy atom. The zero-order chi connectivity index (χ0) is 16.0. The lowest BCUT2D eigenvalue weighted by atomic mass is 10.2. The number of hydrogen-bond acceptors (Lipinski definition) is 3. The number of aryl methyl sites for hydroxylation is 2. The van der Waals surface area contributed by atoms with E-state index in [1.165, 1.54) is 0 Å². The molecule has 0 atom stereocenters. The molecule has 7 heteroatoms. The molecule has 116 valence electrons. The number of rotatable bonds is 3. The standard InChI is InChI=1S/C16H15ClN6/c1-10-13-15(20-14(19-13)16-18-6-7-22(16)2)23(21-10)9-11-4-3-5-12(17)8-11/h3-8H,9H2,1-2H3,(H,19,20). The number of nitrogens with zero attached hydrogens (tertiary/aromatic N) is 5. The van der Waals surface area contributed by atoms with Crippen LogP contribution in [-0.2, 0) is 13.6 Å². The summed E-state index contributed by atoms with van der Waals surface area (Å²) in [5.41, 5.74) is 3.75. The number of imidazole rings is 2. The molecule has 1 N–H and O–H groups in total. The summed E-state index contributed by atoms with van der Waals surface area (Å²) >= 11 is 6.06. The third-order valence-corrected chi connectivity index (χ3v) is 4.05. The predicted octanol–water partition coefficient (Wildman–Crippen LogP) is 3.17. The minimum atomic E-state index is 0.621. The molecule has 1 aromatic carbocycles. The number of halogens is 1. The third-order valence-electron chi connectivity index (χ3n) is 3.82. The highest BCUT2D eigenvalue weighted by Crippen LogP contribution is 2.22. The third kappa shape index (κ3) is 2.41. The van der Waals surface area contributed by atoms with E-state index in [1.54, 1.807) is 6.20 Å². The number of benzene rings is 1. The molecule has 0 fully saturated rings. The summed E-state index contributed by atoms with van der Waals surface area (Å²) in [5.74, 6) is 1.54. The van der Waals surface area contributed by atoms with Gasteiger partial charge in [-0.2, -0.15) is 5.10 Å². The number of H-pyrrole nitrogens is 1. The van der Waals surface area contributed by atoms with Crippen LogP contribution in [0.2, 0.25) is 5.02 Å². The van der Waals surface area contributed by atoms with E-state index in [0.717, 1.165) is 39.1 Å². The Morgan fingerprint density at radius 3 is 2.91 bits per heavy atom. The van der Waals surface area contributed by atoms with Crippen LogP contribution in [0.15, 0.2) is 36.7 Å². The smallest absolute Gasteiger partial charge is 0.177 e. The van der Waals surface area contributed by atoms with Crippen molar-refractivity contribution in [3.8, 4) is 11.6 Å². The van der Waals surface area contributed by atoms with Gasteiger partial charge in [-0.25, -0.2) is 14.6 Å². The van der Waals surface area contributed by atoms with Crippen LogP contribution in [-0.4, -0.2) is 29.3 Å². The Balaban J connectivity index is 1.79. The van der Waals surface area contributed by atoms with Crippen LogP contribution in [0.3, 0.4) is 0 Å². The average Bonchev–Trinajstić information content (AvgIpc) is 3.17. The summed E-state index contributed by atoms with van der Waals surface area (Å²) in [7, 11) is 1.95. The van der Waals surface area contributed by atoms with Crippen LogP contribution in [0.1, 0.15) is 11.3 Å². The molecule has 23 heavy (non-hydrogen) atoms. The lowest BCUT2D eigenvalue weighted by Gasteiger charge is -2.03. The zero-order valence-corrected chi connectivity index (χ0v) is 13.5. The Bertz CT molecular complexity index is 993. The van der Waals surface area contributed by atoms with E-state index in [9.17, 15) is 0 Å². The van der Waals surface area contributed by atoms with E-state index >= 15 is 0 Å². The van der Waals surface area contributed by atoms with Gasteiger partial charge in [0.15, 0.2) is 17.3 Å². The van der Waals surface area contributed by atoms with E-state index < -0.39 is 0 Å². The maximum Gasteiger partial charge on any atom is 0.177 e. The van der Waals surface area contributed by atoms with Gasteiger partial charge in [0.05, 0.1) is 12.2 Å². The number of aromatic amines is 1. The quantitative estimate of drug-likeness (QED) is 0.629. The molecule has 0 bridgehead atoms. The van der Waals surface area contributed by atoms with Crippen LogP contribution in [0, 0.1) is 6.92 Å². The summed E-state index contributed by atoms with van der Waals surface area (Å²) in [6, 6.07) is 7.77. The molecule has 0 spiro atoms. The van der Waals surface area contributed by atoms with Crippen LogP contribution in [0.5, 0.6) is 0 Å². The Kier molecular flexibility index (Phi) is 3.20. The van der Waals surface area contributed by atoms with Gasteiger partial charge in [0, 0.05) is 24.5 Å². The highest BCUT2D eigenvalue weighted by molar-refractivity contribution is 6.30. The minimum Gasteiger partial charge on any atom is -0.332 e. The summed E-state index contributed by atoms with van der Waals surface area (Å²) in [4.78, 5) is 12.3. The van der Waals surface area contributed by atoms with Gasteiger partial charge in [-0.05, 0) is 24.6 Å². The second-order valence-corrected chi connectivity index (χ2v) is 5.96. The van der Waals surface area contributed by atoms with Gasteiger partial charge < -0.3 is 9.55 Å². The summed E-state index contributed by atoms with van der Waals surface area (Å²) in [6.07, 6.45) is 3.65. The molecule has 0 amide bonds. The number of nitrogens with one attached hydrogen (secondary N) is 1. The van der Waals surface area contributed by atoms with Gasteiger partial charge in [0.2, 0.25) is 0 Å². The average molecular weight is 327 g/mol. The molecule has 0 aliphatic rings. The SMILES string of the molecule is Cc1nn(Cc2cccc(Cl)c2)c2nc(-c3nccn3C)[nH]c12. The molecular weight excluding hydrogens is 312 g/mol. The first-order valence-corrected chi connectivity index (χ1v) is 7.65. The van der Waals surface area contributed by atoms with E-state index in [4.69, 9.17) is 11.6 Å². The van der Waals surface area contributed by atoms with Crippen LogP contribution in [0.25, 0.3) is 22.8 Å². The van der Waals surface area contributed by atoms with E-state index in [2.05, 4.69) is 20.1 Å². The fourth-order valence-corrected chi connectivity index (χ4v) is 2.91. The summed E-state index contributed by atoms with van der Waals surface area (Å²) in [6.45, 7) is 2.59. The molecule has 4 rings (SSSR count). The molecule has 0 unspecified atom stereocenters. The first kappa shape index (κ1) is 14.0. The number of hydrogen-bond donors (Lipinski definition) is 1. The van der Waals surface area contributed by atoms with Crippen LogP contribution in [0.4, 0.5) is 0 Å². The number of fused-ring (bicyclic) bond motifs is 1. The van der Waals surface area contributed by atoms with Gasteiger partial charge in [0.25, 0.3) is 0 Å². The second kappa shape index (κ2) is 5.24. The Labute approximate surface area is 137 Å². The second-order valence-electron chi connectivity index (χ2n) is 5.52. The molecule has 0 saturated carbocycles. The molecular formula is C16H15ClN6. The molecule has 0 aliphatic heterocycles. The maximum atomic E-state index is 6.06. The highest BCUT2D eigenvalue weighted by Gasteiger charge is 2.16. The fraction of sp³-hybridized carbons (Fsp3) is 0.188. The van der Waals surface area contributed by atoms with Crippen molar-refractivity contribution in [3.05, 3.63) is 52.9 Å². The molecule has 0 radical (unpaired) electrons.